The van der Waals surface area contributed by atoms with Gasteiger partial charge in [0.15, 0.2) is 0 Å². The van der Waals surface area contributed by atoms with Crippen LogP contribution in [-0.4, -0.2) is 22.6 Å². The maximum Gasteiger partial charge on any atom is 0.226 e. The second-order valence-electron chi connectivity index (χ2n) is 5.34. The predicted molar refractivity (Wildman–Crippen MR) is 84.4 cm³/mol. The molecule has 0 atom stereocenters. The molecule has 1 fully saturated rings. The molecule has 0 radical (unpaired) electrons. The fourth-order valence-corrected chi connectivity index (χ4v) is 3.40. The van der Waals surface area contributed by atoms with Crippen LogP contribution in [0.5, 0.6) is 0 Å². The van der Waals surface area contributed by atoms with Crippen LogP contribution in [0.2, 0.25) is 0 Å². The van der Waals surface area contributed by atoms with Gasteiger partial charge in [0.05, 0.1) is 0 Å². The number of carbonyl (C=O) groups excluding carboxylic acids is 1. The second kappa shape index (κ2) is 7.90. The molecular formula is C13H23ClN4OS. The molecule has 1 aromatic rings. The van der Waals surface area contributed by atoms with Crippen molar-refractivity contribution < 1.29 is 4.79 Å². The van der Waals surface area contributed by atoms with E-state index < -0.39 is 0 Å². The van der Waals surface area contributed by atoms with Gasteiger partial charge in [0.2, 0.25) is 11.0 Å². The van der Waals surface area contributed by atoms with Crippen molar-refractivity contribution in [1.29, 1.82) is 0 Å². The molecule has 20 heavy (non-hydrogen) atoms. The van der Waals surface area contributed by atoms with E-state index in [0.29, 0.717) is 18.1 Å². The topological polar surface area (TPSA) is 80.9 Å². The Morgan fingerprint density at radius 3 is 2.60 bits per heavy atom. The molecule has 1 aromatic heterocycles. The molecular weight excluding hydrogens is 296 g/mol. The Kier molecular flexibility index (Phi) is 6.85. The molecule has 0 spiro atoms. The van der Waals surface area contributed by atoms with Gasteiger partial charge < -0.3 is 11.1 Å². The molecule has 0 unspecified atom stereocenters. The van der Waals surface area contributed by atoms with Crippen LogP contribution in [0.3, 0.4) is 0 Å². The molecule has 7 heteroatoms. The first kappa shape index (κ1) is 17.3. The van der Waals surface area contributed by atoms with Gasteiger partial charge in [0.1, 0.15) is 5.01 Å². The zero-order valence-corrected chi connectivity index (χ0v) is 13.5. The Labute approximate surface area is 130 Å². The standard InChI is InChI=1S/C13H22N4OS.ClH/c1-2-11-16-17-12(19-11)15-10(18)8-13(9-14)6-4-3-5-7-13;/h2-9,14H2,1H3,(H,15,17,18);1H. The van der Waals surface area contributed by atoms with E-state index >= 15 is 0 Å². The zero-order chi connectivity index (χ0) is 13.7. The lowest BCUT2D eigenvalue weighted by Gasteiger charge is -2.35. The average Bonchev–Trinajstić information content (AvgIpc) is 2.87. The monoisotopic (exact) mass is 318 g/mol. The lowest BCUT2D eigenvalue weighted by atomic mass is 9.72. The van der Waals surface area contributed by atoms with Gasteiger partial charge in [-0.05, 0) is 31.2 Å². The van der Waals surface area contributed by atoms with E-state index in [0.717, 1.165) is 24.3 Å². The summed E-state index contributed by atoms with van der Waals surface area (Å²) >= 11 is 1.44. The van der Waals surface area contributed by atoms with E-state index in [1.807, 2.05) is 6.92 Å². The van der Waals surface area contributed by atoms with Gasteiger partial charge in [-0.25, -0.2) is 0 Å². The van der Waals surface area contributed by atoms with Crippen molar-refractivity contribution in [2.24, 2.45) is 11.1 Å². The number of aromatic nitrogens is 2. The van der Waals surface area contributed by atoms with Crippen LogP contribution in [0.15, 0.2) is 0 Å². The van der Waals surface area contributed by atoms with Crippen LogP contribution in [0.4, 0.5) is 5.13 Å². The summed E-state index contributed by atoms with van der Waals surface area (Å²) in [6.45, 7) is 2.62. The third kappa shape index (κ3) is 4.40. The minimum absolute atomic E-state index is 0. The fraction of sp³-hybridized carbons (Fsp3) is 0.769. The Hall–Kier alpha value is -0.720. The highest BCUT2D eigenvalue weighted by Gasteiger charge is 2.33. The Bertz CT molecular complexity index is 432. The number of carbonyl (C=O) groups is 1. The maximum atomic E-state index is 12.1. The molecule has 3 N–H and O–H groups in total. The normalized spacial score (nSPS) is 17.3. The van der Waals surface area contributed by atoms with E-state index in [4.69, 9.17) is 5.73 Å². The van der Waals surface area contributed by atoms with Gasteiger partial charge in [-0.3, -0.25) is 4.79 Å². The first-order chi connectivity index (χ1) is 9.17. The van der Waals surface area contributed by atoms with Gasteiger partial charge in [-0.1, -0.05) is 37.5 Å². The number of hydrogen-bond donors (Lipinski definition) is 2. The number of halogens is 1. The van der Waals surface area contributed by atoms with E-state index in [2.05, 4.69) is 15.5 Å². The van der Waals surface area contributed by atoms with E-state index in [1.54, 1.807) is 0 Å². The van der Waals surface area contributed by atoms with Crippen molar-refractivity contribution in [3.63, 3.8) is 0 Å². The van der Waals surface area contributed by atoms with Crippen LogP contribution in [-0.2, 0) is 11.2 Å². The number of nitrogens with zero attached hydrogens (tertiary/aromatic N) is 2. The molecule has 1 heterocycles. The number of rotatable bonds is 5. The highest BCUT2D eigenvalue weighted by Crippen LogP contribution is 2.38. The smallest absolute Gasteiger partial charge is 0.226 e. The summed E-state index contributed by atoms with van der Waals surface area (Å²) in [6, 6.07) is 0. The molecule has 1 aliphatic rings. The van der Waals surface area contributed by atoms with Gasteiger partial charge >= 0.3 is 0 Å². The van der Waals surface area contributed by atoms with Crippen LogP contribution in [0.1, 0.15) is 50.5 Å². The molecule has 2 rings (SSSR count). The summed E-state index contributed by atoms with van der Waals surface area (Å²) in [5.41, 5.74) is 5.90. The second-order valence-corrected chi connectivity index (χ2v) is 6.41. The lowest BCUT2D eigenvalue weighted by Crippen LogP contribution is -2.36. The summed E-state index contributed by atoms with van der Waals surface area (Å²) in [7, 11) is 0. The highest BCUT2D eigenvalue weighted by molar-refractivity contribution is 7.15. The summed E-state index contributed by atoms with van der Waals surface area (Å²) in [5.74, 6) is 0.0196. The van der Waals surface area contributed by atoms with Crippen molar-refractivity contribution in [3.05, 3.63) is 5.01 Å². The number of aryl methyl sites for hydroxylation is 1. The molecule has 0 bridgehead atoms. The average molecular weight is 319 g/mol. The quantitative estimate of drug-likeness (QED) is 0.874. The minimum atomic E-state index is 0. The molecule has 0 aliphatic heterocycles. The van der Waals surface area contributed by atoms with E-state index in [-0.39, 0.29) is 23.7 Å². The maximum absolute atomic E-state index is 12.1. The molecule has 5 nitrogen and oxygen atoms in total. The van der Waals surface area contributed by atoms with Gasteiger partial charge in [0.25, 0.3) is 0 Å². The molecule has 114 valence electrons. The summed E-state index contributed by atoms with van der Waals surface area (Å²) in [5, 5.41) is 12.4. The third-order valence-electron chi connectivity index (χ3n) is 3.90. The van der Waals surface area contributed by atoms with Crippen molar-refractivity contribution in [3.8, 4) is 0 Å². The summed E-state index contributed by atoms with van der Waals surface area (Å²) in [6.07, 6.45) is 7.11. The summed E-state index contributed by atoms with van der Waals surface area (Å²) < 4.78 is 0. The van der Waals surface area contributed by atoms with Crippen molar-refractivity contribution in [2.75, 3.05) is 11.9 Å². The summed E-state index contributed by atoms with van der Waals surface area (Å²) in [4.78, 5) is 12.1. The minimum Gasteiger partial charge on any atom is -0.330 e. The van der Waals surface area contributed by atoms with Gasteiger partial charge in [0, 0.05) is 6.42 Å². The number of hydrogen-bond acceptors (Lipinski definition) is 5. The molecule has 0 aromatic carbocycles. The van der Waals surface area contributed by atoms with E-state index in [1.165, 1.54) is 30.6 Å². The Balaban J connectivity index is 0.00000200. The van der Waals surface area contributed by atoms with Crippen LogP contribution < -0.4 is 11.1 Å². The lowest BCUT2D eigenvalue weighted by molar-refractivity contribution is -0.118. The predicted octanol–water partition coefficient (Wildman–Crippen LogP) is 2.76. The van der Waals surface area contributed by atoms with Gasteiger partial charge in [-0.2, -0.15) is 0 Å². The number of amides is 1. The zero-order valence-electron chi connectivity index (χ0n) is 11.9. The van der Waals surface area contributed by atoms with Crippen molar-refractivity contribution in [2.45, 2.75) is 51.9 Å². The molecule has 1 amide bonds. The molecule has 1 saturated carbocycles. The van der Waals surface area contributed by atoms with Crippen molar-refractivity contribution in [1.82, 2.24) is 10.2 Å². The van der Waals surface area contributed by atoms with Crippen LogP contribution in [0, 0.1) is 5.41 Å². The first-order valence-corrected chi connectivity index (χ1v) is 7.81. The van der Waals surface area contributed by atoms with Gasteiger partial charge in [-0.15, -0.1) is 22.6 Å². The van der Waals surface area contributed by atoms with E-state index in [9.17, 15) is 4.79 Å². The fourth-order valence-electron chi connectivity index (χ4n) is 2.71. The first-order valence-electron chi connectivity index (χ1n) is 7.00. The Morgan fingerprint density at radius 1 is 1.35 bits per heavy atom. The number of nitrogens with two attached hydrogens (primary N) is 1. The largest absolute Gasteiger partial charge is 0.330 e. The van der Waals surface area contributed by atoms with Crippen LogP contribution in [0.25, 0.3) is 0 Å². The van der Waals surface area contributed by atoms with Crippen molar-refractivity contribution >= 4 is 34.8 Å². The SMILES string of the molecule is CCc1nnc(NC(=O)CC2(CN)CCCCC2)s1.Cl. The molecule has 1 aliphatic carbocycles. The Morgan fingerprint density at radius 2 is 2.05 bits per heavy atom. The van der Waals surface area contributed by atoms with Crippen LogP contribution >= 0.6 is 23.7 Å². The number of nitrogens with one attached hydrogen (secondary N) is 1. The number of anilines is 1. The third-order valence-corrected chi connectivity index (χ3v) is 4.88. The molecule has 0 saturated heterocycles. The highest BCUT2D eigenvalue weighted by atomic mass is 35.5.